The maximum Gasteiger partial charge on any atom is 0.305 e. The summed E-state index contributed by atoms with van der Waals surface area (Å²) in [5.74, 6) is -0.202. The van der Waals surface area contributed by atoms with E-state index in [1.54, 1.807) is 23.1 Å². The van der Waals surface area contributed by atoms with Gasteiger partial charge in [0, 0.05) is 37.0 Å². The third-order valence-electron chi connectivity index (χ3n) is 11.7. The molecule has 1 saturated carbocycles. The number of hydrogen-bond acceptors (Lipinski definition) is 7. The number of anilines is 1. The Hall–Kier alpha value is -3.13. The minimum atomic E-state index is -1.46. The van der Waals surface area contributed by atoms with Crippen molar-refractivity contribution >= 4 is 11.7 Å². The van der Waals surface area contributed by atoms with Crippen molar-refractivity contribution in [1.82, 2.24) is 14.7 Å². The van der Waals surface area contributed by atoms with E-state index in [-0.39, 0.29) is 54.6 Å². The first-order valence-electron chi connectivity index (χ1n) is 17.6. The molecule has 6 rings (SSSR count). The molecule has 2 aromatic carbocycles. The van der Waals surface area contributed by atoms with Gasteiger partial charge in [-0.15, -0.1) is 0 Å². The van der Waals surface area contributed by atoms with E-state index in [0.29, 0.717) is 29.8 Å². The first-order valence-corrected chi connectivity index (χ1v) is 17.6. The number of hydrogen-bond donors (Lipinski definition) is 0. The highest BCUT2D eigenvalue weighted by Crippen LogP contribution is 2.54. The first-order chi connectivity index (χ1) is 23.0. The lowest BCUT2D eigenvalue weighted by molar-refractivity contribution is -0.142. The summed E-state index contributed by atoms with van der Waals surface area (Å²) < 4.78 is 51.8. The molecule has 4 fully saturated rings. The van der Waals surface area contributed by atoms with E-state index in [1.807, 2.05) is 25.1 Å². The van der Waals surface area contributed by atoms with Crippen LogP contribution in [0.4, 0.5) is 18.9 Å². The van der Waals surface area contributed by atoms with E-state index in [4.69, 9.17) is 4.74 Å². The number of methoxy groups -OCH3 is 1. The fourth-order valence-electron chi connectivity index (χ4n) is 9.38. The Morgan fingerprint density at radius 3 is 2.42 bits per heavy atom. The molecule has 0 unspecified atom stereocenters. The molecule has 48 heavy (non-hydrogen) atoms. The molecule has 3 atom stereocenters. The van der Waals surface area contributed by atoms with Gasteiger partial charge in [0.25, 0.3) is 0 Å². The number of nitriles is 1. The number of halogens is 3. The second-order valence-corrected chi connectivity index (χ2v) is 15.1. The summed E-state index contributed by atoms with van der Waals surface area (Å²) in [4.78, 5) is 20.8. The third-order valence-corrected chi connectivity index (χ3v) is 11.7. The number of nitrogens with zero attached hydrogens (tertiary/aromatic N) is 5. The lowest BCUT2D eigenvalue weighted by Crippen LogP contribution is -2.65. The van der Waals surface area contributed by atoms with Gasteiger partial charge < -0.3 is 19.4 Å². The molecule has 0 spiro atoms. The Bertz CT molecular complexity index is 1500. The summed E-state index contributed by atoms with van der Waals surface area (Å²) in [6, 6.07) is 12.5. The molecule has 260 valence electrons. The highest BCUT2D eigenvalue weighted by Gasteiger charge is 2.53. The highest BCUT2D eigenvalue weighted by atomic mass is 19.1. The van der Waals surface area contributed by atoms with E-state index < -0.39 is 11.5 Å². The van der Waals surface area contributed by atoms with Crippen LogP contribution in [-0.4, -0.2) is 99.9 Å². The number of piperidine rings is 1. The van der Waals surface area contributed by atoms with Gasteiger partial charge in [-0.2, -0.15) is 5.26 Å². The summed E-state index contributed by atoms with van der Waals surface area (Å²) in [6.45, 7) is 5.17. The Balaban J connectivity index is 1.18. The molecule has 3 heterocycles. The molecule has 0 radical (unpaired) electrons. The molecular weight excluding hydrogens is 615 g/mol. The van der Waals surface area contributed by atoms with Crippen LogP contribution in [0, 0.1) is 40.7 Å². The standard InChI is InChI=1S/C38H50F3N5O2/c1-43(2)22-32-28(21-42)11-12-34(36(32)40)46-24-37(41,25-46)23-45-17-13-29(14-18-45)38(26-44-15-6-16-44,30-8-5-9-31(39)20-30)33-10-4-7-27(33)19-35(47)48-3/h5,8-9,11-12,20,27,29,33H,4,6-7,10,13-19,22-26H2,1-3H3/t27-,33+,38+/m1/s1. The van der Waals surface area contributed by atoms with Gasteiger partial charge in [-0.25, -0.2) is 13.2 Å². The number of rotatable bonds is 12. The lowest BCUT2D eigenvalue weighted by atomic mass is 9.56. The van der Waals surface area contributed by atoms with Crippen LogP contribution < -0.4 is 4.90 Å². The quantitative estimate of drug-likeness (QED) is 0.267. The van der Waals surface area contributed by atoms with Crippen LogP contribution in [0.15, 0.2) is 36.4 Å². The predicted octanol–water partition coefficient (Wildman–Crippen LogP) is 5.76. The summed E-state index contributed by atoms with van der Waals surface area (Å²) in [5, 5.41) is 9.49. The van der Waals surface area contributed by atoms with E-state index in [0.717, 1.165) is 76.8 Å². The summed E-state index contributed by atoms with van der Waals surface area (Å²) >= 11 is 0. The lowest BCUT2D eigenvalue weighted by Gasteiger charge is -2.54. The van der Waals surface area contributed by atoms with Crippen molar-refractivity contribution in [3.8, 4) is 6.07 Å². The van der Waals surface area contributed by atoms with Crippen LogP contribution in [0.5, 0.6) is 0 Å². The van der Waals surface area contributed by atoms with E-state index in [2.05, 4.69) is 21.9 Å². The van der Waals surface area contributed by atoms with E-state index >= 15 is 8.78 Å². The molecule has 0 aromatic heterocycles. The van der Waals surface area contributed by atoms with Gasteiger partial charge in [-0.3, -0.25) is 9.69 Å². The average Bonchev–Trinajstić information content (AvgIpc) is 3.49. The van der Waals surface area contributed by atoms with Crippen LogP contribution in [0.25, 0.3) is 0 Å². The van der Waals surface area contributed by atoms with Crippen LogP contribution in [0.3, 0.4) is 0 Å². The normalized spacial score (nSPS) is 24.5. The minimum Gasteiger partial charge on any atom is -0.469 e. The fraction of sp³-hybridized carbons (Fsp3) is 0.632. The summed E-state index contributed by atoms with van der Waals surface area (Å²) in [6.07, 6.45) is 6.28. The van der Waals surface area contributed by atoms with Gasteiger partial charge >= 0.3 is 5.97 Å². The fourth-order valence-corrected chi connectivity index (χ4v) is 9.38. The number of carbonyl (C=O) groups excluding carboxylic acids is 1. The van der Waals surface area contributed by atoms with Crippen molar-refractivity contribution in [1.29, 1.82) is 5.26 Å². The summed E-state index contributed by atoms with van der Waals surface area (Å²) in [5.41, 5.74) is 0.253. The van der Waals surface area contributed by atoms with Gasteiger partial charge in [0.2, 0.25) is 0 Å². The van der Waals surface area contributed by atoms with Gasteiger partial charge in [-0.1, -0.05) is 18.6 Å². The Labute approximate surface area is 283 Å². The van der Waals surface area contributed by atoms with Crippen molar-refractivity contribution in [2.24, 2.45) is 17.8 Å². The van der Waals surface area contributed by atoms with Crippen LogP contribution in [0.2, 0.25) is 0 Å². The molecule has 7 nitrogen and oxygen atoms in total. The van der Waals surface area contributed by atoms with Gasteiger partial charge in [0.05, 0.1) is 37.5 Å². The van der Waals surface area contributed by atoms with Crippen LogP contribution in [-0.2, 0) is 21.5 Å². The number of ether oxygens (including phenoxy) is 1. The van der Waals surface area contributed by atoms with E-state index in [9.17, 15) is 14.4 Å². The number of benzene rings is 2. The zero-order valence-corrected chi connectivity index (χ0v) is 28.7. The Morgan fingerprint density at radius 1 is 1.04 bits per heavy atom. The van der Waals surface area contributed by atoms with Crippen molar-refractivity contribution in [3.05, 3.63) is 64.7 Å². The monoisotopic (exact) mass is 665 g/mol. The van der Waals surface area contributed by atoms with Crippen molar-refractivity contribution < 1.29 is 22.7 Å². The molecule has 0 amide bonds. The number of esters is 1. The zero-order valence-electron chi connectivity index (χ0n) is 28.7. The number of carbonyl (C=O) groups is 1. The predicted molar refractivity (Wildman–Crippen MR) is 180 cm³/mol. The maximum absolute atomic E-state index is 16.2. The van der Waals surface area contributed by atoms with Crippen molar-refractivity contribution in [2.75, 3.05) is 78.5 Å². The average molecular weight is 666 g/mol. The second-order valence-electron chi connectivity index (χ2n) is 15.1. The molecular formula is C38H50F3N5O2. The third kappa shape index (κ3) is 6.97. The molecule has 3 aliphatic heterocycles. The van der Waals surface area contributed by atoms with Gasteiger partial charge in [0.1, 0.15) is 5.82 Å². The Kier molecular flexibility index (Phi) is 10.4. The van der Waals surface area contributed by atoms with Gasteiger partial charge in [-0.05, 0) is 120 Å². The minimum absolute atomic E-state index is 0.108. The first kappa shape index (κ1) is 34.7. The molecule has 0 N–H and O–H groups in total. The molecule has 1 aliphatic carbocycles. The summed E-state index contributed by atoms with van der Waals surface area (Å²) in [7, 11) is 5.10. The zero-order chi connectivity index (χ0) is 34.1. The van der Waals surface area contributed by atoms with Crippen LogP contribution in [0.1, 0.15) is 61.6 Å². The molecule has 2 aromatic rings. The molecule has 10 heteroatoms. The molecule has 3 saturated heterocycles. The van der Waals surface area contributed by atoms with Crippen LogP contribution >= 0.6 is 0 Å². The van der Waals surface area contributed by atoms with E-state index in [1.165, 1.54) is 13.2 Å². The molecule has 4 aliphatic rings. The van der Waals surface area contributed by atoms with Gasteiger partial charge in [0.15, 0.2) is 11.5 Å². The number of alkyl halides is 1. The topological polar surface area (TPSA) is 63.1 Å². The smallest absolute Gasteiger partial charge is 0.305 e. The second kappa shape index (κ2) is 14.4. The maximum atomic E-state index is 16.2. The van der Waals surface area contributed by atoms with Crippen molar-refractivity contribution in [3.63, 3.8) is 0 Å². The number of likely N-dealkylation sites (tertiary alicyclic amines) is 2. The molecule has 0 bridgehead atoms. The Morgan fingerprint density at radius 2 is 1.79 bits per heavy atom. The highest BCUT2D eigenvalue weighted by molar-refractivity contribution is 5.69. The van der Waals surface area contributed by atoms with Crippen molar-refractivity contribution in [2.45, 2.75) is 62.6 Å². The SMILES string of the molecule is COC(=O)C[C@H]1CCC[C@@H]1[C@](CN1CCC1)(c1cccc(F)c1)C1CCN(CC2(F)CN(c3ccc(C#N)c(CN(C)C)c3F)C2)CC1. The largest absolute Gasteiger partial charge is 0.469 e.